The van der Waals surface area contributed by atoms with E-state index in [9.17, 15) is 4.79 Å². The number of imidazole rings is 1. The van der Waals surface area contributed by atoms with E-state index < -0.39 is 5.97 Å². The van der Waals surface area contributed by atoms with Crippen LogP contribution in [0.25, 0.3) is 11.0 Å². The molecule has 1 heterocycles. The Morgan fingerprint density at radius 1 is 1.14 bits per heavy atom. The number of aromatic amines is 1. The number of esters is 1. The van der Waals surface area contributed by atoms with Gasteiger partial charge in [0.25, 0.3) is 0 Å². The molecule has 0 saturated heterocycles. The fraction of sp³-hybridized carbons (Fsp3) is 0.125. The van der Waals surface area contributed by atoms with E-state index in [1.807, 2.05) is 31.2 Å². The molecule has 0 aliphatic rings. The molecule has 21 heavy (non-hydrogen) atoms. The zero-order chi connectivity index (χ0) is 14.7. The minimum absolute atomic E-state index is 0.135. The van der Waals surface area contributed by atoms with Gasteiger partial charge in [0, 0.05) is 6.07 Å². The molecule has 0 spiro atoms. The minimum atomic E-state index is -0.450. The predicted octanol–water partition coefficient (Wildman–Crippen LogP) is 2.86. The maximum absolute atomic E-state index is 11.8. The number of fused-ring (bicyclic) bond motifs is 1. The Hall–Kier alpha value is -2.82. The van der Waals surface area contributed by atoms with Gasteiger partial charge in [0.05, 0.1) is 17.4 Å². The van der Waals surface area contributed by atoms with Crippen molar-refractivity contribution in [3.8, 4) is 11.5 Å². The lowest BCUT2D eigenvalue weighted by atomic mass is 10.2. The number of hydrogen-bond donors (Lipinski definition) is 1. The maximum Gasteiger partial charge on any atom is 0.349 e. The van der Waals surface area contributed by atoms with Crippen molar-refractivity contribution in [2.24, 2.45) is 0 Å². The number of nitrogens with zero attached hydrogens (tertiary/aromatic N) is 1. The van der Waals surface area contributed by atoms with Crippen molar-refractivity contribution in [2.45, 2.75) is 6.92 Å². The fourth-order valence-corrected chi connectivity index (χ4v) is 1.92. The molecule has 0 unspecified atom stereocenters. The lowest BCUT2D eigenvalue weighted by Gasteiger charge is -2.07. The van der Waals surface area contributed by atoms with E-state index in [0.717, 1.165) is 16.6 Å². The minimum Gasteiger partial charge on any atom is -0.482 e. The monoisotopic (exact) mass is 282 g/mol. The van der Waals surface area contributed by atoms with Crippen LogP contribution in [-0.2, 0) is 4.79 Å². The molecule has 0 aliphatic carbocycles. The Balaban J connectivity index is 1.59. The van der Waals surface area contributed by atoms with E-state index in [0.29, 0.717) is 11.5 Å². The first-order chi connectivity index (χ1) is 10.2. The Kier molecular flexibility index (Phi) is 3.55. The molecule has 5 heteroatoms. The molecule has 0 radical (unpaired) electrons. The topological polar surface area (TPSA) is 64.2 Å². The third-order valence-corrected chi connectivity index (χ3v) is 3.00. The average molecular weight is 282 g/mol. The summed E-state index contributed by atoms with van der Waals surface area (Å²) in [6.07, 6.45) is 1.59. The first-order valence-electron chi connectivity index (χ1n) is 6.54. The maximum atomic E-state index is 11.8. The number of ether oxygens (including phenoxy) is 2. The number of aromatic nitrogens is 2. The first-order valence-corrected chi connectivity index (χ1v) is 6.54. The summed E-state index contributed by atoms with van der Waals surface area (Å²) in [5.74, 6) is 0.653. The summed E-state index contributed by atoms with van der Waals surface area (Å²) in [5.41, 5.74) is 2.78. The van der Waals surface area contributed by atoms with Crippen LogP contribution in [0.1, 0.15) is 5.56 Å². The number of hydrogen-bond acceptors (Lipinski definition) is 4. The highest BCUT2D eigenvalue weighted by Gasteiger charge is 2.07. The molecular formula is C16H14N2O3. The van der Waals surface area contributed by atoms with Crippen molar-refractivity contribution in [3.05, 3.63) is 54.4 Å². The highest BCUT2D eigenvalue weighted by atomic mass is 16.6. The third-order valence-electron chi connectivity index (χ3n) is 3.00. The van der Waals surface area contributed by atoms with Gasteiger partial charge >= 0.3 is 5.97 Å². The van der Waals surface area contributed by atoms with Gasteiger partial charge in [0.2, 0.25) is 0 Å². The SMILES string of the molecule is Cc1ccc(OCC(=O)Oc2ccc3nc[nH]c3c2)cc1. The van der Waals surface area contributed by atoms with Crippen LogP contribution in [-0.4, -0.2) is 22.5 Å². The second-order valence-corrected chi connectivity index (χ2v) is 4.66. The number of nitrogens with one attached hydrogen (secondary N) is 1. The van der Waals surface area contributed by atoms with E-state index in [-0.39, 0.29) is 6.61 Å². The molecule has 0 aliphatic heterocycles. The molecule has 106 valence electrons. The highest BCUT2D eigenvalue weighted by molar-refractivity contribution is 5.79. The molecule has 3 rings (SSSR count). The average Bonchev–Trinajstić information content (AvgIpc) is 2.94. The predicted molar refractivity (Wildman–Crippen MR) is 78.4 cm³/mol. The van der Waals surface area contributed by atoms with Crippen molar-refractivity contribution >= 4 is 17.0 Å². The van der Waals surface area contributed by atoms with E-state index in [1.165, 1.54) is 0 Å². The summed E-state index contributed by atoms with van der Waals surface area (Å²) < 4.78 is 10.6. The Morgan fingerprint density at radius 2 is 1.90 bits per heavy atom. The normalized spacial score (nSPS) is 10.5. The summed E-state index contributed by atoms with van der Waals surface area (Å²) in [4.78, 5) is 18.8. The smallest absolute Gasteiger partial charge is 0.349 e. The number of aryl methyl sites for hydroxylation is 1. The van der Waals surface area contributed by atoms with Gasteiger partial charge in [-0.25, -0.2) is 9.78 Å². The molecule has 1 aromatic heterocycles. The van der Waals surface area contributed by atoms with Gasteiger partial charge in [0.1, 0.15) is 11.5 Å². The Bertz CT molecular complexity index is 763. The summed E-state index contributed by atoms with van der Waals surface area (Å²) >= 11 is 0. The van der Waals surface area contributed by atoms with Gasteiger partial charge in [0.15, 0.2) is 6.61 Å². The van der Waals surface area contributed by atoms with Crippen LogP contribution in [0.5, 0.6) is 11.5 Å². The Morgan fingerprint density at radius 3 is 2.71 bits per heavy atom. The van der Waals surface area contributed by atoms with Gasteiger partial charge in [-0.3, -0.25) is 0 Å². The molecule has 3 aromatic rings. The van der Waals surface area contributed by atoms with Crippen molar-refractivity contribution in [1.29, 1.82) is 0 Å². The lowest BCUT2D eigenvalue weighted by molar-refractivity contribution is -0.136. The fourth-order valence-electron chi connectivity index (χ4n) is 1.92. The molecule has 0 atom stereocenters. The Labute approximate surface area is 121 Å². The lowest BCUT2D eigenvalue weighted by Crippen LogP contribution is -2.17. The molecule has 0 saturated carbocycles. The summed E-state index contributed by atoms with van der Waals surface area (Å²) in [6.45, 7) is 1.85. The third kappa shape index (κ3) is 3.20. The van der Waals surface area contributed by atoms with Crippen molar-refractivity contribution in [3.63, 3.8) is 0 Å². The van der Waals surface area contributed by atoms with Gasteiger partial charge in [-0.05, 0) is 31.2 Å². The van der Waals surface area contributed by atoms with Crippen LogP contribution in [0.4, 0.5) is 0 Å². The van der Waals surface area contributed by atoms with Gasteiger partial charge < -0.3 is 14.5 Å². The molecular weight excluding hydrogens is 268 g/mol. The van der Waals surface area contributed by atoms with Crippen LogP contribution in [0.3, 0.4) is 0 Å². The van der Waals surface area contributed by atoms with Crippen LogP contribution in [0, 0.1) is 6.92 Å². The van der Waals surface area contributed by atoms with E-state index in [2.05, 4.69) is 9.97 Å². The molecule has 0 fully saturated rings. The van der Waals surface area contributed by atoms with Gasteiger partial charge in [-0.1, -0.05) is 17.7 Å². The highest BCUT2D eigenvalue weighted by Crippen LogP contribution is 2.18. The molecule has 5 nitrogen and oxygen atoms in total. The second-order valence-electron chi connectivity index (χ2n) is 4.66. The van der Waals surface area contributed by atoms with Crippen LogP contribution < -0.4 is 9.47 Å². The summed E-state index contributed by atoms with van der Waals surface area (Å²) in [6, 6.07) is 12.7. The quantitative estimate of drug-likeness (QED) is 0.590. The zero-order valence-corrected chi connectivity index (χ0v) is 11.5. The molecule has 0 bridgehead atoms. The molecule has 0 amide bonds. The van der Waals surface area contributed by atoms with Gasteiger partial charge in [-0.2, -0.15) is 0 Å². The number of rotatable bonds is 4. The van der Waals surface area contributed by atoms with Crippen LogP contribution in [0.2, 0.25) is 0 Å². The second kappa shape index (κ2) is 5.66. The number of carbonyl (C=O) groups is 1. The van der Waals surface area contributed by atoms with Crippen LogP contribution in [0.15, 0.2) is 48.8 Å². The summed E-state index contributed by atoms with van der Waals surface area (Å²) in [5, 5.41) is 0. The standard InChI is InChI=1S/C16H14N2O3/c1-11-2-4-12(5-3-11)20-9-16(19)21-13-6-7-14-15(8-13)18-10-17-14/h2-8,10H,9H2,1H3,(H,17,18). The van der Waals surface area contributed by atoms with Gasteiger partial charge in [-0.15, -0.1) is 0 Å². The number of H-pyrrole nitrogens is 1. The van der Waals surface area contributed by atoms with E-state index >= 15 is 0 Å². The van der Waals surface area contributed by atoms with Crippen LogP contribution >= 0.6 is 0 Å². The van der Waals surface area contributed by atoms with Crippen molar-refractivity contribution in [2.75, 3.05) is 6.61 Å². The van der Waals surface area contributed by atoms with E-state index in [4.69, 9.17) is 9.47 Å². The van der Waals surface area contributed by atoms with Crippen molar-refractivity contribution in [1.82, 2.24) is 9.97 Å². The molecule has 2 aromatic carbocycles. The van der Waals surface area contributed by atoms with E-state index in [1.54, 1.807) is 24.5 Å². The zero-order valence-electron chi connectivity index (χ0n) is 11.5. The molecule has 1 N–H and O–H groups in total. The largest absolute Gasteiger partial charge is 0.482 e. The first kappa shape index (κ1) is 13.2. The van der Waals surface area contributed by atoms with Crippen molar-refractivity contribution < 1.29 is 14.3 Å². The number of carbonyl (C=O) groups excluding carboxylic acids is 1. The number of benzene rings is 2. The summed E-state index contributed by atoms with van der Waals surface area (Å²) in [7, 11) is 0.